The molecular formula is C15H20N2O2. The lowest BCUT2D eigenvalue weighted by molar-refractivity contribution is -0.136. The normalized spacial score (nSPS) is 23.5. The number of carbonyl (C=O) groups excluding carboxylic acids is 1. The molecule has 1 aliphatic carbocycles. The zero-order valence-electron chi connectivity index (χ0n) is 11.3. The zero-order valence-corrected chi connectivity index (χ0v) is 11.3. The highest BCUT2D eigenvalue weighted by Gasteiger charge is 2.31. The summed E-state index contributed by atoms with van der Waals surface area (Å²) in [7, 11) is 2.02. The third-order valence-electron chi connectivity index (χ3n) is 4.03. The maximum Gasteiger partial charge on any atom is 0.250 e. The molecule has 3 rings (SSSR count). The van der Waals surface area contributed by atoms with Crippen LogP contribution in [0, 0.1) is 0 Å². The molecule has 0 saturated carbocycles. The topological polar surface area (TPSA) is 34.5 Å². The lowest BCUT2D eigenvalue weighted by Gasteiger charge is -2.36. The average Bonchev–Trinajstić information content (AvgIpc) is 3.09. The lowest BCUT2D eigenvalue weighted by atomic mass is 10.1. The van der Waals surface area contributed by atoms with E-state index in [9.17, 15) is 4.79 Å². The number of allylic oxidation sites excluding steroid dienone is 1. The highest BCUT2D eigenvalue weighted by Crippen LogP contribution is 2.28. The van der Waals surface area contributed by atoms with Crippen molar-refractivity contribution in [3.8, 4) is 0 Å². The van der Waals surface area contributed by atoms with Crippen molar-refractivity contribution in [2.45, 2.75) is 25.3 Å². The van der Waals surface area contributed by atoms with Crippen LogP contribution in [0.2, 0.25) is 0 Å². The second-order valence-electron chi connectivity index (χ2n) is 5.25. The van der Waals surface area contributed by atoms with Crippen LogP contribution in [0.1, 0.15) is 31.0 Å². The highest BCUT2D eigenvalue weighted by atomic mass is 16.5. The van der Waals surface area contributed by atoms with Crippen LogP contribution >= 0.6 is 0 Å². The molecule has 1 aliphatic heterocycles. The van der Waals surface area contributed by atoms with Crippen molar-refractivity contribution in [3.05, 3.63) is 35.7 Å². The minimum atomic E-state index is 0.0442. The average molecular weight is 260 g/mol. The van der Waals surface area contributed by atoms with Gasteiger partial charge in [-0.3, -0.25) is 4.79 Å². The van der Waals surface area contributed by atoms with E-state index >= 15 is 0 Å². The molecule has 1 saturated heterocycles. The third-order valence-corrected chi connectivity index (χ3v) is 4.03. The van der Waals surface area contributed by atoms with E-state index in [4.69, 9.17) is 4.74 Å². The molecule has 19 heavy (non-hydrogen) atoms. The largest absolute Gasteiger partial charge is 0.377 e. The first-order valence-corrected chi connectivity index (χ1v) is 6.96. The number of rotatable bonds is 2. The van der Waals surface area contributed by atoms with Gasteiger partial charge in [0.15, 0.2) is 0 Å². The Morgan fingerprint density at radius 2 is 2.37 bits per heavy atom. The Labute approximate surface area is 113 Å². The number of ether oxygens (including phenoxy) is 1. The number of aryl methyl sites for hydroxylation is 1. The summed E-state index contributed by atoms with van der Waals surface area (Å²) >= 11 is 0. The molecule has 1 aromatic rings. The van der Waals surface area contributed by atoms with Gasteiger partial charge in [0, 0.05) is 31.1 Å². The van der Waals surface area contributed by atoms with Crippen LogP contribution in [0.4, 0.5) is 0 Å². The van der Waals surface area contributed by atoms with Crippen LogP contribution < -0.4 is 0 Å². The molecule has 2 aliphatic rings. The van der Waals surface area contributed by atoms with Gasteiger partial charge >= 0.3 is 0 Å². The number of hydrogen-bond acceptors (Lipinski definition) is 2. The fraction of sp³-hybridized carbons (Fsp3) is 0.533. The van der Waals surface area contributed by atoms with Crippen molar-refractivity contribution >= 4 is 5.91 Å². The van der Waals surface area contributed by atoms with Crippen LogP contribution in [-0.2, 0) is 16.6 Å². The quantitative estimate of drug-likeness (QED) is 0.815. The number of hydrogen-bond donors (Lipinski definition) is 0. The van der Waals surface area contributed by atoms with Gasteiger partial charge in [0.1, 0.15) is 0 Å². The number of nitrogens with zero attached hydrogens (tertiary/aromatic N) is 2. The summed E-state index contributed by atoms with van der Waals surface area (Å²) in [4.78, 5) is 14.6. The monoisotopic (exact) mass is 260 g/mol. The Kier molecular flexibility index (Phi) is 3.42. The van der Waals surface area contributed by atoms with Crippen molar-refractivity contribution in [1.29, 1.82) is 0 Å². The number of amides is 1. The lowest BCUT2D eigenvalue weighted by Crippen LogP contribution is -2.44. The SMILES string of the molecule is Cn1cccc1[C@@H]1COCCN1C(=O)C1=CCCC1. The van der Waals surface area contributed by atoms with Gasteiger partial charge < -0.3 is 14.2 Å². The number of aromatic nitrogens is 1. The Hall–Kier alpha value is -1.55. The molecule has 0 radical (unpaired) electrons. The van der Waals surface area contributed by atoms with E-state index in [0.717, 1.165) is 30.5 Å². The number of morpholine rings is 1. The molecule has 0 unspecified atom stereocenters. The van der Waals surface area contributed by atoms with Gasteiger partial charge in [-0.2, -0.15) is 0 Å². The Morgan fingerprint density at radius 3 is 3.05 bits per heavy atom. The van der Waals surface area contributed by atoms with Gasteiger partial charge in [-0.25, -0.2) is 0 Å². The molecular weight excluding hydrogens is 240 g/mol. The first-order chi connectivity index (χ1) is 9.27. The van der Waals surface area contributed by atoms with E-state index in [0.29, 0.717) is 19.8 Å². The van der Waals surface area contributed by atoms with Gasteiger partial charge in [0.05, 0.1) is 19.3 Å². The van der Waals surface area contributed by atoms with E-state index in [1.807, 2.05) is 24.2 Å². The third kappa shape index (κ3) is 2.32. The molecule has 0 aromatic carbocycles. The van der Waals surface area contributed by atoms with Crippen LogP contribution in [0.5, 0.6) is 0 Å². The first-order valence-electron chi connectivity index (χ1n) is 6.96. The zero-order chi connectivity index (χ0) is 13.2. The second kappa shape index (κ2) is 5.21. The van der Waals surface area contributed by atoms with Gasteiger partial charge in [-0.05, 0) is 31.4 Å². The maximum absolute atomic E-state index is 12.6. The molecule has 1 amide bonds. The van der Waals surface area contributed by atoms with Crippen LogP contribution in [0.3, 0.4) is 0 Å². The predicted octanol–water partition coefficient (Wildman–Crippen LogP) is 2.04. The molecule has 4 heteroatoms. The smallest absolute Gasteiger partial charge is 0.250 e. The molecule has 2 heterocycles. The van der Waals surface area contributed by atoms with Crippen LogP contribution in [-0.4, -0.2) is 35.1 Å². The summed E-state index contributed by atoms with van der Waals surface area (Å²) < 4.78 is 7.65. The van der Waals surface area contributed by atoms with Gasteiger partial charge in [-0.1, -0.05) is 6.08 Å². The molecule has 1 aromatic heterocycles. The molecule has 102 valence electrons. The Morgan fingerprint density at radius 1 is 1.47 bits per heavy atom. The minimum Gasteiger partial charge on any atom is -0.377 e. The summed E-state index contributed by atoms with van der Waals surface area (Å²) in [6, 6.07) is 4.13. The van der Waals surface area contributed by atoms with Crippen molar-refractivity contribution < 1.29 is 9.53 Å². The standard InChI is InChI=1S/C15H20N2O2/c1-16-8-4-7-13(16)14-11-19-10-9-17(14)15(18)12-5-2-3-6-12/h4-5,7-8,14H,2-3,6,9-11H2,1H3/t14-/m0/s1. The van der Waals surface area contributed by atoms with E-state index in [1.54, 1.807) is 0 Å². The molecule has 1 atom stereocenters. The first kappa shape index (κ1) is 12.5. The van der Waals surface area contributed by atoms with E-state index in [2.05, 4.69) is 16.7 Å². The van der Waals surface area contributed by atoms with Gasteiger partial charge in [0.2, 0.25) is 5.91 Å². The summed E-state index contributed by atoms with van der Waals surface area (Å²) in [5.41, 5.74) is 2.13. The van der Waals surface area contributed by atoms with Crippen molar-refractivity contribution in [2.24, 2.45) is 7.05 Å². The summed E-state index contributed by atoms with van der Waals surface area (Å²) in [6.07, 6.45) is 7.19. The summed E-state index contributed by atoms with van der Waals surface area (Å²) in [5.74, 6) is 0.201. The van der Waals surface area contributed by atoms with Crippen molar-refractivity contribution in [1.82, 2.24) is 9.47 Å². The molecule has 0 spiro atoms. The fourth-order valence-corrected chi connectivity index (χ4v) is 2.96. The van der Waals surface area contributed by atoms with Gasteiger partial charge in [0.25, 0.3) is 0 Å². The second-order valence-corrected chi connectivity index (χ2v) is 5.25. The van der Waals surface area contributed by atoms with Crippen molar-refractivity contribution in [2.75, 3.05) is 19.8 Å². The molecule has 0 N–H and O–H groups in total. The Balaban J connectivity index is 1.85. The van der Waals surface area contributed by atoms with E-state index in [1.165, 1.54) is 0 Å². The summed E-state index contributed by atoms with van der Waals surface area (Å²) in [6.45, 7) is 1.92. The fourth-order valence-electron chi connectivity index (χ4n) is 2.96. The van der Waals surface area contributed by atoms with Crippen LogP contribution in [0.25, 0.3) is 0 Å². The van der Waals surface area contributed by atoms with E-state index in [-0.39, 0.29) is 11.9 Å². The van der Waals surface area contributed by atoms with Gasteiger partial charge in [-0.15, -0.1) is 0 Å². The predicted molar refractivity (Wildman–Crippen MR) is 72.6 cm³/mol. The van der Waals surface area contributed by atoms with E-state index < -0.39 is 0 Å². The molecule has 1 fully saturated rings. The molecule has 0 bridgehead atoms. The summed E-state index contributed by atoms with van der Waals surface area (Å²) in [5, 5.41) is 0. The maximum atomic E-state index is 12.6. The van der Waals surface area contributed by atoms with Crippen LogP contribution in [0.15, 0.2) is 30.0 Å². The molecule has 4 nitrogen and oxygen atoms in total. The minimum absolute atomic E-state index is 0.0442. The Bertz CT molecular complexity index is 504. The van der Waals surface area contributed by atoms with Crippen molar-refractivity contribution in [3.63, 3.8) is 0 Å². The number of carbonyl (C=O) groups is 1. The highest BCUT2D eigenvalue weighted by molar-refractivity contribution is 5.94.